The van der Waals surface area contributed by atoms with Gasteiger partial charge in [-0.1, -0.05) is 75.9 Å². The third kappa shape index (κ3) is 3.06. The van der Waals surface area contributed by atoms with Gasteiger partial charge in [0.1, 0.15) is 0 Å². The van der Waals surface area contributed by atoms with Crippen LogP contribution in [0.2, 0.25) is 0 Å². The zero-order chi connectivity index (χ0) is 16.5. The van der Waals surface area contributed by atoms with Crippen molar-refractivity contribution in [2.45, 2.75) is 40.0 Å². The maximum atomic E-state index is 4.17. The average molecular weight is 290 g/mol. The van der Waals surface area contributed by atoms with E-state index >= 15 is 0 Å². The van der Waals surface area contributed by atoms with Crippen LogP contribution in [0.25, 0.3) is 22.8 Å². The van der Waals surface area contributed by atoms with Crippen molar-refractivity contribution in [2.24, 2.45) is 0 Å². The molecule has 2 aromatic carbocycles. The number of allylic oxidation sites excluding steroid dienone is 1. The first-order chi connectivity index (χ1) is 10.3. The summed E-state index contributed by atoms with van der Waals surface area (Å²) in [4.78, 5) is 0. The fraction of sp³-hybridized carbons (Fsp3) is 0.273. The van der Waals surface area contributed by atoms with Gasteiger partial charge in [0.05, 0.1) is 0 Å². The Labute approximate surface area is 135 Å². The molecule has 0 nitrogen and oxygen atoms in total. The first kappa shape index (κ1) is 16.3. The molecule has 0 aliphatic carbocycles. The van der Waals surface area contributed by atoms with Gasteiger partial charge in [-0.25, -0.2) is 0 Å². The van der Waals surface area contributed by atoms with Crippen LogP contribution in [0, 0.1) is 6.92 Å². The first-order valence-electron chi connectivity index (χ1n) is 7.78. The summed E-state index contributed by atoms with van der Waals surface area (Å²) in [7, 11) is 0. The highest BCUT2D eigenvalue weighted by atomic mass is 14.2. The van der Waals surface area contributed by atoms with Crippen molar-refractivity contribution in [1.29, 1.82) is 0 Å². The molecule has 0 aliphatic rings. The number of hydrogen-bond acceptors (Lipinski definition) is 0. The minimum absolute atomic E-state index is 0.0985. The van der Waals surface area contributed by atoms with E-state index in [9.17, 15) is 0 Å². The molecule has 0 spiro atoms. The third-order valence-electron chi connectivity index (χ3n) is 4.15. The van der Waals surface area contributed by atoms with E-state index in [1.165, 1.54) is 33.4 Å². The summed E-state index contributed by atoms with van der Waals surface area (Å²) in [6, 6.07) is 13.1. The van der Waals surface area contributed by atoms with Crippen LogP contribution in [-0.4, -0.2) is 0 Å². The van der Waals surface area contributed by atoms with Gasteiger partial charge in [-0.2, -0.15) is 0 Å². The van der Waals surface area contributed by atoms with E-state index in [1.807, 2.05) is 6.08 Å². The van der Waals surface area contributed by atoms with Gasteiger partial charge in [-0.05, 0) is 58.7 Å². The van der Waals surface area contributed by atoms with Gasteiger partial charge in [0.15, 0.2) is 0 Å². The third-order valence-corrected chi connectivity index (χ3v) is 4.15. The minimum Gasteiger partial charge on any atom is -0.0984 e. The Morgan fingerprint density at radius 3 is 2.18 bits per heavy atom. The lowest BCUT2D eigenvalue weighted by Crippen LogP contribution is -2.12. The van der Waals surface area contributed by atoms with E-state index in [1.54, 1.807) is 0 Å². The van der Waals surface area contributed by atoms with E-state index in [4.69, 9.17) is 0 Å². The Morgan fingerprint density at radius 2 is 1.68 bits per heavy atom. The van der Waals surface area contributed by atoms with Crippen molar-refractivity contribution >= 4 is 11.6 Å². The summed E-state index contributed by atoms with van der Waals surface area (Å²) >= 11 is 0. The van der Waals surface area contributed by atoms with Crippen molar-refractivity contribution < 1.29 is 0 Å². The maximum Gasteiger partial charge on any atom is -0.00999 e. The van der Waals surface area contributed by atoms with Gasteiger partial charge >= 0.3 is 0 Å². The Balaban J connectivity index is 2.87. The number of aryl methyl sites for hydroxylation is 1. The Kier molecular flexibility index (Phi) is 4.42. The van der Waals surface area contributed by atoms with E-state index < -0.39 is 0 Å². The zero-order valence-corrected chi connectivity index (χ0v) is 14.5. The zero-order valence-electron chi connectivity index (χ0n) is 14.5. The quantitative estimate of drug-likeness (QED) is 0.594. The van der Waals surface area contributed by atoms with Gasteiger partial charge in [0.2, 0.25) is 0 Å². The fourth-order valence-electron chi connectivity index (χ4n) is 2.76. The molecule has 0 fully saturated rings. The summed E-state index contributed by atoms with van der Waals surface area (Å²) in [6.45, 7) is 19.2. The molecule has 0 saturated heterocycles. The predicted octanol–water partition coefficient (Wildman–Crippen LogP) is 6.64. The van der Waals surface area contributed by atoms with Gasteiger partial charge in [0.25, 0.3) is 0 Å². The molecule has 0 atom stereocenters. The Morgan fingerprint density at radius 1 is 1.05 bits per heavy atom. The molecule has 0 heterocycles. The minimum atomic E-state index is 0.0985. The molecular formula is C22H26. The maximum absolute atomic E-state index is 4.17. The van der Waals surface area contributed by atoms with Gasteiger partial charge in [-0.3, -0.25) is 0 Å². The highest BCUT2D eigenvalue weighted by Crippen LogP contribution is 2.37. The molecule has 0 saturated carbocycles. The molecule has 0 unspecified atom stereocenters. The van der Waals surface area contributed by atoms with E-state index in [-0.39, 0.29) is 5.41 Å². The lowest BCUT2D eigenvalue weighted by atomic mass is 9.80. The van der Waals surface area contributed by atoms with Crippen LogP contribution in [0.4, 0.5) is 0 Å². The summed E-state index contributed by atoms with van der Waals surface area (Å²) in [5.41, 5.74) is 8.68. The highest BCUT2D eigenvalue weighted by molar-refractivity contribution is 5.85. The molecule has 0 radical (unpaired) electrons. The molecule has 22 heavy (non-hydrogen) atoms. The van der Waals surface area contributed by atoms with Gasteiger partial charge in [0, 0.05) is 0 Å². The summed E-state index contributed by atoms with van der Waals surface area (Å²) in [5.74, 6) is 0. The van der Waals surface area contributed by atoms with Gasteiger partial charge in [-0.15, -0.1) is 0 Å². The second kappa shape index (κ2) is 5.96. The summed E-state index contributed by atoms with van der Waals surface area (Å²) in [6.07, 6.45) is 1.96. The summed E-state index contributed by atoms with van der Waals surface area (Å²) < 4.78 is 0. The Bertz CT molecular complexity index is 724. The molecule has 2 rings (SSSR count). The van der Waals surface area contributed by atoms with Crippen LogP contribution in [0.1, 0.15) is 49.9 Å². The fourth-order valence-corrected chi connectivity index (χ4v) is 2.76. The van der Waals surface area contributed by atoms with Gasteiger partial charge < -0.3 is 0 Å². The van der Waals surface area contributed by atoms with Crippen molar-refractivity contribution in [3.8, 4) is 11.1 Å². The lowest BCUT2D eigenvalue weighted by Gasteiger charge is -2.24. The molecule has 0 aromatic heterocycles. The summed E-state index contributed by atoms with van der Waals surface area (Å²) in [5, 5.41) is 0. The monoisotopic (exact) mass is 290 g/mol. The van der Waals surface area contributed by atoms with Crippen molar-refractivity contribution in [1.82, 2.24) is 0 Å². The Hall–Kier alpha value is -2.08. The van der Waals surface area contributed by atoms with Crippen LogP contribution in [-0.2, 0) is 5.41 Å². The van der Waals surface area contributed by atoms with E-state index in [2.05, 4.69) is 84.2 Å². The average Bonchev–Trinajstić information content (AvgIpc) is 2.45. The molecule has 2 aromatic rings. The lowest BCUT2D eigenvalue weighted by molar-refractivity contribution is 0.590. The SMILES string of the molecule is C=Cc1c(C(=C)C)cc(C(C)(C)C)cc1-c1ccccc1C. The molecule has 0 aliphatic heterocycles. The second-order valence-electron chi connectivity index (χ2n) is 7.03. The number of rotatable bonds is 3. The second-order valence-corrected chi connectivity index (χ2v) is 7.03. The van der Waals surface area contributed by atoms with Crippen LogP contribution < -0.4 is 0 Å². The van der Waals surface area contributed by atoms with Crippen molar-refractivity contribution in [2.75, 3.05) is 0 Å². The first-order valence-corrected chi connectivity index (χ1v) is 7.78. The molecule has 0 N–H and O–H groups in total. The van der Waals surface area contributed by atoms with Crippen LogP contribution in [0.5, 0.6) is 0 Å². The highest BCUT2D eigenvalue weighted by Gasteiger charge is 2.19. The number of hydrogen-bond donors (Lipinski definition) is 0. The standard InChI is InChI=1S/C22H26/c1-8-18-20(15(2)3)13-17(22(5,6)7)14-21(18)19-12-10-9-11-16(19)4/h8-14H,1-2H2,3-7H3. The van der Waals surface area contributed by atoms with Crippen LogP contribution in [0.15, 0.2) is 49.6 Å². The molecule has 0 bridgehead atoms. The molecule has 0 amide bonds. The van der Waals surface area contributed by atoms with Crippen molar-refractivity contribution in [3.63, 3.8) is 0 Å². The van der Waals surface area contributed by atoms with Crippen LogP contribution >= 0.6 is 0 Å². The largest absolute Gasteiger partial charge is 0.0984 e. The topological polar surface area (TPSA) is 0 Å². The molecule has 114 valence electrons. The van der Waals surface area contributed by atoms with E-state index in [0.29, 0.717) is 0 Å². The predicted molar refractivity (Wildman–Crippen MR) is 100 cm³/mol. The van der Waals surface area contributed by atoms with E-state index in [0.717, 1.165) is 5.57 Å². The number of benzene rings is 2. The van der Waals surface area contributed by atoms with Crippen LogP contribution in [0.3, 0.4) is 0 Å². The smallest absolute Gasteiger partial charge is 0.00999 e. The molecule has 0 heteroatoms. The molecular weight excluding hydrogens is 264 g/mol. The normalized spacial score (nSPS) is 11.3. The van der Waals surface area contributed by atoms with Crippen molar-refractivity contribution in [3.05, 3.63) is 71.8 Å².